The summed E-state index contributed by atoms with van der Waals surface area (Å²) in [6.45, 7) is 2.45. The Bertz CT molecular complexity index is 524. The quantitative estimate of drug-likeness (QED) is 0.793. The third-order valence-corrected chi connectivity index (χ3v) is 5.17. The van der Waals surface area contributed by atoms with Crippen molar-refractivity contribution in [1.29, 1.82) is 0 Å². The highest BCUT2D eigenvalue weighted by Gasteiger charge is 2.42. The summed E-state index contributed by atoms with van der Waals surface area (Å²) in [4.78, 5) is 24.4. The lowest BCUT2D eigenvalue weighted by atomic mass is 9.77. The second kappa shape index (κ2) is 6.66. The number of carbonyl (C=O) groups is 2. The van der Waals surface area contributed by atoms with Crippen LogP contribution in [-0.4, -0.2) is 22.6 Å². The van der Waals surface area contributed by atoms with Gasteiger partial charge in [0.25, 0.3) is 0 Å². The van der Waals surface area contributed by atoms with Crippen LogP contribution < -0.4 is 10.6 Å². The van der Waals surface area contributed by atoms with Crippen molar-refractivity contribution in [1.82, 2.24) is 10.6 Å². The molecule has 1 heterocycles. The van der Waals surface area contributed by atoms with Crippen molar-refractivity contribution in [3.05, 3.63) is 21.3 Å². The van der Waals surface area contributed by atoms with Crippen LogP contribution in [0.1, 0.15) is 37.5 Å². The van der Waals surface area contributed by atoms with Crippen LogP contribution in [0.4, 0.5) is 4.79 Å². The van der Waals surface area contributed by atoms with Gasteiger partial charge in [0.15, 0.2) is 0 Å². The first kappa shape index (κ1) is 16.1. The molecule has 0 aromatic carbocycles. The molecule has 2 rings (SSSR count). The van der Waals surface area contributed by atoms with Crippen molar-refractivity contribution < 1.29 is 14.7 Å². The fourth-order valence-corrected chi connectivity index (χ4v) is 3.55. The predicted molar refractivity (Wildman–Crippen MR) is 82.7 cm³/mol. The van der Waals surface area contributed by atoms with Crippen LogP contribution in [0.25, 0.3) is 0 Å². The lowest BCUT2D eigenvalue weighted by Gasteiger charge is -2.36. The summed E-state index contributed by atoms with van der Waals surface area (Å²) in [7, 11) is 0. The monoisotopic (exact) mass is 330 g/mol. The van der Waals surface area contributed by atoms with Crippen molar-refractivity contribution >= 4 is 34.9 Å². The second-order valence-electron chi connectivity index (χ2n) is 5.58. The summed E-state index contributed by atoms with van der Waals surface area (Å²) in [5.74, 6) is -0.445. The van der Waals surface area contributed by atoms with Crippen molar-refractivity contribution in [3.8, 4) is 0 Å². The number of halogens is 1. The maximum Gasteiger partial charge on any atom is 0.329 e. The van der Waals surface area contributed by atoms with E-state index in [0.29, 0.717) is 29.6 Å². The molecule has 0 unspecified atom stereocenters. The molecule has 0 aliphatic heterocycles. The van der Waals surface area contributed by atoms with Crippen molar-refractivity contribution in [2.75, 3.05) is 0 Å². The highest BCUT2D eigenvalue weighted by molar-refractivity contribution is 7.16. The lowest BCUT2D eigenvalue weighted by Crippen LogP contribution is -2.58. The largest absolute Gasteiger partial charge is 0.480 e. The fraction of sp³-hybridized carbons (Fsp3) is 0.571. The summed E-state index contributed by atoms with van der Waals surface area (Å²) in [5, 5.41) is 14.8. The Morgan fingerprint density at radius 1 is 1.43 bits per heavy atom. The number of thiophene rings is 1. The number of aliphatic carboxylic acids is 1. The third-order valence-electron chi connectivity index (χ3n) is 3.94. The summed E-state index contributed by atoms with van der Waals surface area (Å²) in [6, 6.07) is 3.15. The second-order valence-corrected chi connectivity index (χ2v) is 7.38. The van der Waals surface area contributed by atoms with Gasteiger partial charge >= 0.3 is 12.0 Å². The number of carbonyl (C=O) groups excluding carboxylic acids is 1. The number of carboxylic acids is 1. The van der Waals surface area contributed by atoms with Gasteiger partial charge in [0, 0.05) is 4.88 Å². The Morgan fingerprint density at radius 3 is 2.62 bits per heavy atom. The van der Waals surface area contributed by atoms with Gasteiger partial charge in [0.2, 0.25) is 0 Å². The number of hydrogen-bond donors (Lipinski definition) is 3. The molecule has 1 aromatic rings. The average Bonchev–Trinajstić information content (AvgIpc) is 2.85. The van der Waals surface area contributed by atoms with Gasteiger partial charge in [-0.1, -0.05) is 18.5 Å². The molecule has 7 heteroatoms. The lowest BCUT2D eigenvalue weighted by molar-refractivity contribution is -0.146. The standard InChI is InChI=1S/C14H19ClN2O3S/c1-9-4-6-14(7-5-9,12(18)19)17-13(20)16-8-10-2-3-11(15)21-10/h2-3,9H,4-8H2,1H3,(H,18,19)(H2,16,17,20). The fourth-order valence-electron chi connectivity index (χ4n) is 2.52. The number of rotatable bonds is 4. The summed E-state index contributed by atoms with van der Waals surface area (Å²) in [6.07, 6.45) is 2.57. The zero-order valence-corrected chi connectivity index (χ0v) is 13.4. The van der Waals surface area contributed by atoms with Gasteiger partial charge in [-0.3, -0.25) is 0 Å². The maximum absolute atomic E-state index is 12.0. The minimum absolute atomic E-state index is 0.343. The van der Waals surface area contributed by atoms with Gasteiger partial charge in [-0.2, -0.15) is 0 Å². The third kappa shape index (κ3) is 4.11. The van der Waals surface area contributed by atoms with E-state index >= 15 is 0 Å². The van der Waals surface area contributed by atoms with E-state index < -0.39 is 17.5 Å². The van der Waals surface area contributed by atoms with Crippen LogP contribution >= 0.6 is 22.9 Å². The SMILES string of the molecule is CC1CCC(NC(=O)NCc2ccc(Cl)s2)(C(=O)O)CC1. The summed E-state index contributed by atoms with van der Waals surface area (Å²) < 4.78 is 0.662. The molecule has 3 N–H and O–H groups in total. The molecule has 1 aromatic heterocycles. The Kier molecular flexibility index (Phi) is 5.11. The molecule has 0 bridgehead atoms. The molecule has 5 nitrogen and oxygen atoms in total. The van der Waals surface area contributed by atoms with Crippen molar-refractivity contribution in [3.63, 3.8) is 0 Å². The molecular formula is C14H19ClN2O3S. The highest BCUT2D eigenvalue weighted by atomic mass is 35.5. The van der Waals surface area contributed by atoms with E-state index in [1.165, 1.54) is 11.3 Å². The molecule has 1 aliphatic carbocycles. The highest BCUT2D eigenvalue weighted by Crippen LogP contribution is 2.32. The molecule has 116 valence electrons. The van der Waals surface area contributed by atoms with Gasteiger partial charge < -0.3 is 15.7 Å². The zero-order valence-electron chi connectivity index (χ0n) is 11.8. The number of nitrogens with one attached hydrogen (secondary N) is 2. The number of carboxylic acid groups (broad SMARTS) is 1. The Balaban J connectivity index is 1.91. The van der Waals surface area contributed by atoms with Crippen LogP contribution in [0.15, 0.2) is 12.1 Å². The van der Waals surface area contributed by atoms with Crippen molar-refractivity contribution in [2.24, 2.45) is 5.92 Å². The first-order valence-corrected chi connectivity index (χ1v) is 8.14. The predicted octanol–water partition coefficient (Wildman–Crippen LogP) is 3.23. The van der Waals surface area contributed by atoms with E-state index in [0.717, 1.165) is 17.7 Å². The first-order chi connectivity index (χ1) is 9.91. The molecule has 0 radical (unpaired) electrons. The molecule has 0 atom stereocenters. The summed E-state index contributed by atoms with van der Waals surface area (Å²) >= 11 is 7.21. The van der Waals surface area contributed by atoms with Gasteiger partial charge in [-0.05, 0) is 43.7 Å². The molecule has 21 heavy (non-hydrogen) atoms. The Hall–Kier alpha value is -1.27. The van der Waals surface area contributed by atoms with E-state index in [-0.39, 0.29) is 0 Å². The van der Waals surface area contributed by atoms with Gasteiger partial charge in [0.05, 0.1) is 10.9 Å². The smallest absolute Gasteiger partial charge is 0.329 e. The molecule has 1 fully saturated rings. The molecule has 2 amide bonds. The van der Waals surface area contributed by atoms with Gasteiger partial charge in [0.1, 0.15) is 5.54 Å². The average molecular weight is 331 g/mol. The van der Waals surface area contributed by atoms with E-state index in [1.807, 2.05) is 6.07 Å². The molecule has 0 saturated heterocycles. The molecule has 1 aliphatic rings. The number of amides is 2. The maximum atomic E-state index is 12.0. The van der Waals surface area contributed by atoms with Crippen LogP contribution in [0, 0.1) is 5.92 Å². The minimum Gasteiger partial charge on any atom is -0.480 e. The molecule has 0 spiro atoms. The van der Waals surface area contributed by atoms with Crippen LogP contribution in [-0.2, 0) is 11.3 Å². The first-order valence-electron chi connectivity index (χ1n) is 6.95. The number of urea groups is 1. The van der Waals surface area contributed by atoms with E-state index in [2.05, 4.69) is 17.6 Å². The zero-order chi connectivity index (χ0) is 15.5. The number of hydrogen-bond acceptors (Lipinski definition) is 3. The van der Waals surface area contributed by atoms with E-state index in [4.69, 9.17) is 11.6 Å². The van der Waals surface area contributed by atoms with Gasteiger partial charge in [-0.25, -0.2) is 9.59 Å². The van der Waals surface area contributed by atoms with E-state index in [9.17, 15) is 14.7 Å². The molecular weight excluding hydrogens is 312 g/mol. The Labute approximate surface area is 132 Å². The van der Waals surface area contributed by atoms with Crippen molar-refractivity contribution in [2.45, 2.75) is 44.7 Å². The minimum atomic E-state index is -1.14. The van der Waals surface area contributed by atoms with E-state index in [1.54, 1.807) is 6.07 Å². The molecule has 1 saturated carbocycles. The Morgan fingerprint density at radius 2 is 2.10 bits per heavy atom. The van der Waals surface area contributed by atoms with Crippen LogP contribution in [0.5, 0.6) is 0 Å². The summed E-state index contributed by atoms with van der Waals surface area (Å²) in [5.41, 5.74) is -1.14. The van der Waals surface area contributed by atoms with Gasteiger partial charge in [-0.15, -0.1) is 11.3 Å². The van der Waals surface area contributed by atoms with Crippen LogP contribution in [0.3, 0.4) is 0 Å². The normalized spacial score (nSPS) is 25.3. The topological polar surface area (TPSA) is 78.4 Å². The van der Waals surface area contributed by atoms with Crippen LogP contribution in [0.2, 0.25) is 4.34 Å².